The highest BCUT2D eigenvalue weighted by Crippen LogP contribution is 2.31. The Balaban J connectivity index is 1.61. The Kier molecular flexibility index (Phi) is 4.25. The van der Waals surface area contributed by atoms with E-state index in [4.69, 9.17) is 0 Å². The smallest absolute Gasteiger partial charge is 0.0329 e. The van der Waals surface area contributed by atoms with E-state index >= 15 is 0 Å². The average molecular weight is 278 g/mol. The predicted octanol–water partition coefficient (Wildman–Crippen LogP) is 3.42. The normalized spacial score (nSPS) is 23.8. The Morgan fingerprint density at radius 1 is 1.21 bits per heavy atom. The van der Waals surface area contributed by atoms with Crippen molar-refractivity contribution in [3.63, 3.8) is 0 Å². The van der Waals surface area contributed by atoms with Gasteiger partial charge in [-0.1, -0.05) is 26.2 Å². The molecule has 1 saturated carbocycles. The molecule has 1 saturated heterocycles. The van der Waals surface area contributed by atoms with E-state index in [2.05, 4.69) is 29.3 Å². The summed E-state index contributed by atoms with van der Waals surface area (Å²) in [5.74, 6) is 0. The van der Waals surface area contributed by atoms with Gasteiger partial charge in [-0.3, -0.25) is 4.90 Å². The maximum absolute atomic E-state index is 3.83. The molecule has 2 aliphatic rings. The molecule has 3 heteroatoms. The molecular weight excluding hydrogens is 252 g/mol. The third kappa shape index (κ3) is 3.21. The number of piperazine rings is 1. The maximum Gasteiger partial charge on any atom is 0.0329 e. The lowest BCUT2D eigenvalue weighted by molar-refractivity contribution is 0.0952. The molecule has 0 aromatic carbocycles. The van der Waals surface area contributed by atoms with Gasteiger partial charge in [0, 0.05) is 41.5 Å². The van der Waals surface area contributed by atoms with Crippen LogP contribution in [0.5, 0.6) is 0 Å². The van der Waals surface area contributed by atoms with Crippen LogP contribution in [0.15, 0.2) is 12.1 Å². The molecule has 1 aromatic rings. The van der Waals surface area contributed by atoms with E-state index in [1.165, 1.54) is 63.0 Å². The van der Waals surface area contributed by atoms with Crippen LogP contribution in [-0.4, -0.2) is 30.1 Å². The van der Waals surface area contributed by atoms with Crippen LogP contribution in [0.25, 0.3) is 0 Å². The van der Waals surface area contributed by atoms with Crippen molar-refractivity contribution in [2.45, 2.75) is 57.5 Å². The zero-order valence-corrected chi connectivity index (χ0v) is 12.9. The second kappa shape index (κ2) is 5.94. The van der Waals surface area contributed by atoms with Gasteiger partial charge in [0.15, 0.2) is 0 Å². The van der Waals surface area contributed by atoms with Crippen molar-refractivity contribution >= 4 is 11.3 Å². The van der Waals surface area contributed by atoms with Gasteiger partial charge < -0.3 is 5.32 Å². The molecule has 1 aliphatic heterocycles. The number of thiophene rings is 1. The van der Waals surface area contributed by atoms with E-state index in [9.17, 15) is 0 Å². The number of hydrogen-bond acceptors (Lipinski definition) is 3. The lowest BCUT2D eigenvalue weighted by atomic mass is 9.80. The topological polar surface area (TPSA) is 15.3 Å². The Bertz CT molecular complexity index is 401. The van der Waals surface area contributed by atoms with Gasteiger partial charge in [0.25, 0.3) is 0 Å². The van der Waals surface area contributed by atoms with Crippen LogP contribution in [-0.2, 0) is 13.0 Å². The van der Waals surface area contributed by atoms with E-state index in [0.717, 1.165) is 6.54 Å². The molecule has 2 nitrogen and oxygen atoms in total. The molecule has 19 heavy (non-hydrogen) atoms. The largest absolute Gasteiger partial charge is 0.309 e. The summed E-state index contributed by atoms with van der Waals surface area (Å²) in [5.41, 5.74) is 0.446. The molecular formula is C16H26N2S. The minimum atomic E-state index is 0.446. The third-order valence-corrected chi connectivity index (χ3v) is 5.92. The Morgan fingerprint density at radius 2 is 2.00 bits per heavy atom. The number of hydrogen-bond donors (Lipinski definition) is 1. The highest BCUT2D eigenvalue weighted by Gasteiger charge is 2.35. The molecule has 0 bridgehead atoms. The molecule has 1 aliphatic carbocycles. The molecule has 0 unspecified atom stereocenters. The molecule has 2 heterocycles. The van der Waals surface area contributed by atoms with Crippen LogP contribution in [0.4, 0.5) is 0 Å². The average Bonchev–Trinajstić information content (AvgIpc) is 2.87. The van der Waals surface area contributed by atoms with Gasteiger partial charge in [0.05, 0.1) is 0 Å². The summed E-state index contributed by atoms with van der Waals surface area (Å²) in [6.45, 7) is 7.05. The van der Waals surface area contributed by atoms with Crippen molar-refractivity contribution in [1.82, 2.24) is 10.2 Å². The Morgan fingerprint density at radius 3 is 2.74 bits per heavy atom. The Hall–Kier alpha value is -0.380. The van der Waals surface area contributed by atoms with Crippen molar-refractivity contribution in [1.29, 1.82) is 0 Å². The third-order valence-electron chi connectivity index (χ3n) is 4.71. The van der Waals surface area contributed by atoms with Crippen LogP contribution < -0.4 is 5.32 Å². The van der Waals surface area contributed by atoms with Gasteiger partial charge in [-0.25, -0.2) is 0 Å². The van der Waals surface area contributed by atoms with E-state index < -0.39 is 0 Å². The first kappa shape index (κ1) is 13.6. The number of nitrogens with zero attached hydrogens (tertiary/aromatic N) is 1. The summed E-state index contributed by atoms with van der Waals surface area (Å²) >= 11 is 2.00. The van der Waals surface area contributed by atoms with Gasteiger partial charge in [-0.2, -0.15) is 0 Å². The number of nitrogens with one attached hydrogen (secondary N) is 1. The lowest BCUT2D eigenvalue weighted by Gasteiger charge is -2.46. The van der Waals surface area contributed by atoms with Crippen molar-refractivity contribution in [3.05, 3.63) is 21.9 Å². The van der Waals surface area contributed by atoms with E-state index in [0.29, 0.717) is 5.54 Å². The van der Waals surface area contributed by atoms with Crippen molar-refractivity contribution in [2.75, 3.05) is 19.6 Å². The molecule has 2 fully saturated rings. The molecule has 1 N–H and O–H groups in total. The van der Waals surface area contributed by atoms with Crippen molar-refractivity contribution < 1.29 is 0 Å². The molecule has 0 atom stereocenters. The Labute approximate surface area is 121 Å². The van der Waals surface area contributed by atoms with E-state index in [1.807, 2.05) is 11.3 Å². The monoisotopic (exact) mass is 278 g/mol. The van der Waals surface area contributed by atoms with Gasteiger partial charge in [0.2, 0.25) is 0 Å². The van der Waals surface area contributed by atoms with Gasteiger partial charge in [0.1, 0.15) is 0 Å². The summed E-state index contributed by atoms with van der Waals surface area (Å²) in [5, 5.41) is 3.83. The zero-order chi connectivity index (χ0) is 13.1. The summed E-state index contributed by atoms with van der Waals surface area (Å²) in [7, 11) is 0. The fourth-order valence-electron chi connectivity index (χ4n) is 3.66. The van der Waals surface area contributed by atoms with E-state index in [-0.39, 0.29) is 0 Å². The fraction of sp³-hybridized carbons (Fsp3) is 0.750. The first-order chi connectivity index (χ1) is 9.30. The van der Waals surface area contributed by atoms with Crippen LogP contribution in [0.1, 0.15) is 48.8 Å². The molecule has 0 radical (unpaired) electrons. The fourth-order valence-corrected chi connectivity index (χ4v) is 4.66. The highest BCUT2D eigenvalue weighted by molar-refractivity contribution is 7.11. The first-order valence-electron chi connectivity index (χ1n) is 7.85. The maximum atomic E-state index is 3.83. The second-order valence-corrected chi connectivity index (χ2v) is 7.45. The summed E-state index contributed by atoms with van der Waals surface area (Å²) in [6, 6.07) is 4.64. The van der Waals surface area contributed by atoms with Crippen molar-refractivity contribution in [2.24, 2.45) is 0 Å². The predicted molar refractivity (Wildman–Crippen MR) is 82.8 cm³/mol. The molecule has 106 valence electrons. The lowest BCUT2D eigenvalue weighted by Crippen LogP contribution is -2.60. The van der Waals surface area contributed by atoms with Crippen molar-refractivity contribution in [3.8, 4) is 0 Å². The minimum Gasteiger partial charge on any atom is -0.309 e. The number of aryl methyl sites for hydroxylation is 1. The number of rotatable bonds is 3. The van der Waals surface area contributed by atoms with Gasteiger partial charge >= 0.3 is 0 Å². The molecule has 0 amide bonds. The quantitative estimate of drug-likeness (QED) is 0.911. The van der Waals surface area contributed by atoms with Gasteiger partial charge in [-0.15, -0.1) is 11.3 Å². The summed E-state index contributed by atoms with van der Waals surface area (Å²) < 4.78 is 0. The van der Waals surface area contributed by atoms with Crippen LogP contribution >= 0.6 is 11.3 Å². The molecule has 1 aromatic heterocycles. The summed E-state index contributed by atoms with van der Waals surface area (Å²) in [6.07, 6.45) is 8.21. The zero-order valence-electron chi connectivity index (χ0n) is 12.1. The SMILES string of the molecule is CCc1ccc(CN2CCNC3(CCCCC3)C2)s1. The van der Waals surface area contributed by atoms with Gasteiger partial charge in [-0.05, 0) is 31.4 Å². The molecule has 3 rings (SSSR count). The van der Waals surface area contributed by atoms with Crippen LogP contribution in [0.3, 0.4) is 0 Å². The van der Waals surface area contributed by atoms with Crippen LogP contribution in [0, 0.1) is 0 Å². The summed E-state index contributed by atoms with van der Waals surface area (Å²) in [4.78, 5) is 5.75. The minimum absolute atomic E-state index is 0.446. The first-order valence-corrected chi connectivity index (χ1v) is 8.66. The second-order valence-electron chi connectivity index (χ2n) is 6.20. The molecule has 1 spiro atoms. The van der Waals surface area contributed by atoms with Crippen LogP contribution in [0.2, 0.25) is 0 Å². The highest BCUT2D eigenvalue weighted by atomic mass is 32.1. The van der Waals surface area contributed by atoms with E-state index in [1.54, 1.807) is 4.88 Å². The standard InChI is InChI=1S/C16H26N2S/c1-2-14-6-7-15(19-14)12-18-11-10-17-16(13-18)8-4-3-5-9-16/h6-7,17H,2-5,8-13H2,1H3.